The average molecular weight is 320 g/mol. The van der Waals surface area contributed by atoms with Crippen molar-refractivity contribution in [2.75, 3.05) is 0 Å². The summed E-state index contributed by atoms with van der Waals surface area (Å²) in [6.45, 7) is 2.28. The predicted octanol–water partition coefficient (Wildman–Crippen LogP) is 3.62. The average Bonchev–Trinajstić information content (AvgIpc) is 2.38. The first-order chi connectivity index (χ1) is 9.15. The van der Waals surface area contributed by atoms with Gasteiger partial charge in [-0.3, -0.25) is 9.63 Å². The molecule has 0 aromatic heterocycles. The molecule has 2 rings (SSSR count). The highest BCUT2D eigenvalue weighted by Crippen LogP contribution is 2.15. The molecule has 0 aliphatic rings. The van der Waals surface area contributed by atoms with Crippen LogP contribution in [0.1, 0.15) is 21.5 Å². The van der Waals surface area contributed by atoms with Gasteiger partial charge < -0.3 is 0 Å². The molecule has 0 heterocycles. The summed E-state index contributed by atoms with van der Waals surface area (Å²) in [5.41, 5.74) is 5.04. The van der Waals surface area contributed by atoms with Crippen LogP contribution in [0.4, 0.5) is 0 Å². The van der Waals surface area contributed by atoms with Gasteiger partial charge in [0.05, 0.1) is 6.61 Å². The molecule has 0 saturated heterocycles. The topological polar surface area (TPSA) is 38.3 Å². The highest BCUT2D eigenvalue weighted by atomic mass is 79.9. The third-order valence-corrected chi connectivity index (χ3v) is 3.01. The molecule has 0 fully saturated rings. The van der Waals surface area contributed by atoms with Gasteiger partial charge in [0.2, 0.25) is 0 Å². The van der Waals surface area contributed by atoms with Crippen LogP contribution >= 0.6 is 15.9 Å². The number of nitrogens with one attached hydrogen (secondary N) is 1. The fourth-order valence-electron chi connectivity index (χ4n) is 1.69. The number of hydroxylamine groups is 1. The van der Waals surface area contributed by atoms with Gasteiger partial charge in [0.1, 0.15) is 0 Å². The van der Waals surface area contributed by atoms with Crippen molar-refractivity contribution < 1.29 is 9.63 Å². The molecular weight excluding hydrogens is 306 g/mol. The maximum absolute atomic E-state index is 11.9. The lowest BCUT2D eigenvalue weighted by Crippen LogP contribution is -2.23. The minimum absolute atomic E-state index is 0.250. The third kappa shape index (κ3) is 4.19. The molecule has 98 valence electrons. The Morgan fingerprint density at radius 2 is 1.95 bits per heavy atom. The predicted molar refractivity (Wildman–Crippen MR) is 77.6 cm³/mol. The Bertz CT molecular complexity index is 549. The van der Waals surface area contributed by atoms with Gasteiger partial charge in [-0.15, -0.1) is 0 Å². The molecule has 0 spiro atoms. The summed E-state index contributed by atoms with van der Waals surface area (Å²) in [5, 5.41) is 0. The third-order valence-electron chi connectivity index (χ3n) is 2.55. The second-order valence-corrected chi connectivity index (χ2v) is 5.14. The quantitative estimate of drug-likeness (QED) is 0.874. The Balaban J connectivity index is 1.91. The number of amides is 1. The van der Waals surface area contributed by atoms with Crippen molar-refractivity contribution in [3.05, 3.63) is 69.7 Å². The van der Waals surface area contributed by atoms with Gasteiger partial charge in [-0.1, -0.05) is 46.3 Å². The van der Waals surface area contributed by atoms with Crippen LogP contribution in [0.15, 0.2) is 53.0 Å². The Labute approximate surface area is 120 Å². The highest BCUT2D eigenvalue weighted by molar-refractivity contribution is 9.10. The van der Waals surface area contributed by atoms with Crippen LogP contribution in [0.25, 0.3) is 0 Å². The zero-order valence-corrected chi connectivity index (χ0v) is 12.1. The molecule has 0 saturated carbocycles. The zero-order chi connectivity index (χ0) is 13.7. The van der Waals surface area contributed by atoms with E-state index in [1.165, 1.54) is 0 Å². The Morgan fingerprint density at radius 1 is 1.21 bits per heavy atom. The summed E-state index contributed by atoms with van der Waals surface area (Å²) in [6.07, 6.45) is 0. The van der Waals surface area contributed by atoms with E-state index >= 15 is 0 Å². The molecule has 3 nitrogen and oxygen atoms in total. The van der Waals surface area contributed by atoms with Gasteiger partial charge in [0, 0.05) is 10.0 Å². The molecule has 1 amide bonds. The molecule has 0 radical (unpaired) electrons. The maximum Gasteiger partial charge on any atom is 0.274 e. The van der Waals surface area contributed by atoms with E-state index in [2.05, 4.69) is 21.4 Å². The van der Waals surface area contributed by atoms with E-state index in [9.17, 15) is 4.79 Å². The van der Waals surface area contributed by atoms with Crippen molar-refractivity contribution in [1.82, 2.24) is 5.48 Å². The summed E-state index contributed by atoms with van der Waals surface area (Å²) in [7, 11) is 0. The number of hydrogen-bond acceptors (Lipinski definition) is 2. The fourth-order valence-corrected chi connectivity index (χ4v) is 2.29. The van der Waals surface area contributed by atoms with Crippen molar-refractivity contribution >= 4 is 21.8 Å². The zero-order valence-electron chi connectivity index (χ0n) is 10.5. The molecular formula is C15H14BrNO2. The standard InChI is InChI=1S/C15H14BrNO2/c1-11-7-13(9-14(16)8-11)15(18)17-19-10-12-5-3-2-4-6-12/h2-9H,10H2,1H3,(H,17,18). The normalized spacial score (nSPS) is 10.2. The van der Waals surface area contributed by atoms with Crippen LogP contribution in [0.2, 0.25) is 0 Å². The second-order valence-electron chi connectivity index (χ2n) is 4.22. The van der Waals surface area contributed by atoms with Crippen LogP contribution in [0.5, 0.6) is 0 Å². The number of halogens is 1. The lowest BCUT2D eigenvalue weighted by molar-refractivity contribution is 0.0233. The smallest absolute Gasteiger partial charge is 0.269 e. The number of carbonyl (C=O) groups excluding carboxylic acids is 1. The first-order valence-corrected chi connectivity index (χ1v) is 6.68. The summed E-state index contributed by atoms with van der Waals surface area (Å²) in [4.78, 5) is 17.1. The number of benzene rings is 2. The Hall–Kier alpha value is -1.65. The number of carbonyl (C=O) groups is 1. The molecule has 0 aliphatic heterocycles. The van der Waals surface area contributed by atoms with Gasteiger partial charge in [0.15, 0.2) is 0 Å². The summed E-state index contributed by atoms with van der Waals surface area (Å²) >= 11 is 3.37. The fraction of sp³-hybridized carbons (Fsp3) is 0.133. The number of hydrogen-bond donors (Lipinski definition) is 1. The lowest BCUT2D eigenvalue weighted by Gasteiger charge is -2.07. The van der Waals surface area contributed by atoms with Gasteiger partial charge in [-0.05, 0) is 36.2 Å². The highest BCUT2D eigenvalue weighted by Gasteiger charge is 2.07. The molecule has 2 aromatic carbocycles. The van der Waals surface area contributed by atoms with Gasteiger partial charge >= 0.3 is 0 Å². The van der Waals surface area contributed by atoms with E-state index in [1.807, 2.05) is 49.4 Å². The molecule has 1 N–H and O–H groups in total. The summed E-state index contributed by atoms with van der Waals surface area (Å²) in [6, 6.07) is 15.2. The summed E-state index contributed by atoms with van der Waals surface area (Å²) in [5.74, 6) is -0.250. The van der Waals surface area contributed by atoms with Crippen molar-refractivity contribution in [3.63, 3.8) is 0 Å². The van der Waals surface area contributed by atoms with Crippen molar-refractivity contribution in [2.24, 2.45) is 0 Å². The first-order valence-electron chi connectivity index (χ1n) is 5.88. The Kier molecular flexibility index (Phi) is 4.71. The largest absolute Gasteiger partial charge is 0.274 e. The molecule has 0 bridgehead atoms. The molecule has 0 unspecified atom stereocenters. The molecule has 4 heteroatoms. The minimum atomic E-state index is -0.250. The molecule has 0 aliphatic carbocycles. The molecule has 2 aromatic rings. The van der Waals surface area contributed by atoms with Gasteiger partial charge in [0.25, 0.3) is 5.91 Å². The number of aryl methyl sites for hydroxylation is 1. The van der Waals surface area contributed by atoms with Crippen LogP contribution in [-0.2, 0) is 11.4 Å². The van der Waals surface area contributed by atoms with Gasteiger partial charge in [-0.25, -0.2) is 5.48 Å². The Morgan fingerprint density at radius 3 is 2.63 bits per heavy atom. The maximum atomic E-state index is 11.9. The molecule has 19 heavy (non-hydrogen) atoms. The SMILES string of the molecule is Cc1cc(Br)cc(C(=O)NOCc2ccccc2)c1. The van der Waals surface area contributed by atoms with Crippen LogP contribution in [0.3, 0.4) is 0 Å². The van der Waals surface area contributed by atoms with Crippen molar-refractivity contribution in [1.29, 1.82) is 0 Å². The monoisotopic (exact) mass is 319 g/mol. The van der Waals surface area contributed by atoms with Crippen LogP contribution in [0, 0.1) is 6.92 Å². The van der Waals surface area contributed by atoms with Crippen molar-refractivity contribution in [3.8, 4) is 0 Å². The lowest BCUT2D eigenvalue weighted by atomic mass is 10.1. The van der Waals surface area contributed by atoms with Gasteiger partial charge in [-0.2, -0.15) is 0 Å². The number of rotatable bonds is 4. The van der Waals surface area contributed by atoms with E-state index in [1.54, 1.807) is 6.07 Å². The molecule has 0 atom stereocenters. The van der Waals surface area contributed by atoms with E-state index in [0.717, 1.165) is 15.6 Å². The minimum Gasteiger partial charge on any atom is -0.269 e. The van der Waals surface area contributed by atoms with Crippen molar-refractivity contribution in [2.45, 2.75) is 13.5 Å². The van der Waals surface area contributed by atoms with Crippen LogP contribution in [-0.4, -0.2) is 5.91 Å². The van der Waals surface area contributed by atoms with E-state index < -0.39 is 0 Å². The van der Waals surface area contributed by atoms with E-state index in [4.69, 9.17) is 4.84 Å². The summed E-state index contributed by atoms with van der Waals surface area (Å²) < 4.78 is 0.876. The second kappa shape index (κ2) is 6.50. The van der Waals surface area contributed by atoms with Crippen LogP contribution < -0.4 is 5.48 Å². The van der Waals surface area contributed by atoms with E-state index in [0.29, 0.717) is 12.2 Å². The first kappa shape index (κ1) is 13.8. The van der Waals surface area contributed by atoms with E-state index in [-0.39, 0.29) is 5.91 Å².